The number of carboxylic acids is 1. The lowest BCUT2D eigenvalue weighted by atomic mass is 9.97. The van der Waals surface area contributed by atoms with Crippen LogP contribution in [-0.2, 0) is 9.59 Å². The molecule has 6 nitrogen and oxygen atoms in total. The van der Waals surface area contributed by atoms with E-state index >= 15 is 0 Å². The number of carbonyl (C=O) groups excluding carboxylic acids is 1. The minimum Gasteiger partial charge on any atom is -0.480 e. The van der Waals surface area contributed by atoms with Crippen LogP contribution in [0.3, 0.4) is 0 Å². The van der Waals surface area contributed by atoms with Crippen LogP contribution in [0.4, 0.5) is 5.69 Å². The summed E-state index contributed by atoms with van der Waals surface area (Å²) in [4.78, 5) is 30.2. The van der Waals surface area contributed by atoms with Crippen LogP contribution < -0.4 is 4.90 Å². The average Bonchev–Trinajstić information content (AvgIpc) is 2.70. The molecule has 0 saturated carbocycles. The molecule has 27 heavy (non-hydrogen) atoms. The van der Waals surface area contributed by atoms with Crippen molar-refractivity contribution in [3.8, 4) is 0 Å². The van der Waals surface area contributed by atoms with Crippen LogP contribution in [0.2, 0.25) is 5.02 Å². The van der Waals surface area contributed by atoms with E-state index in [1.54, 1.807) is 18.2 Å². The largest absolute Gasteiger partial charge is 0.480 e. The van der Waals surface area contributed by atoms with Crippen LogP contribution in [0.1, 0.15) is 25.0 Å². The Kier molecular flexibility index (Phi) is 5.04. The number of benzene rings is 2. The summed E-state index contributed by atoms with van der Waals surface area (Å²) in [5, 5.41) is 20.3. The summed E-state index contributed by atoms with van der Waals surface area (Å²) >= 11 is 6.17. The molecule has 1 atom stereocenters. The molecular formula is C20H19ClN2O4. The van der Waals surface area contributed by atoms with E-state index < -0.39 is 30.1 Å². The van der Waals surface area contributed by atoms with Gasteiger partial charge in [0.2, 0.25) is 0 Å². The Morgan fingerprint density at radius 1 is 1.22 bits per heavy atom. The minimum absolute atomic E-state index is 0.390. The van der Waals surface area contributed by atoms with Gasteiger partial charge in [-0.25, -0.2) is 0 Å². The fourth-order valence-electron chi connectivity index (χ4n) is 3.04. The number of carboxylic acid groups (broad SMARTS) is 1. The van der Waals surface area contributed by atoms with Crippen molar-refractivity contribution in [1.29, 1.82) is 0 Å². The Bertz CT molecular complexity index is 919. The Morgan fingerprint density at radius 3 is 2.48 bits per heavy atom. The van der Waals surface area contributed by atoms with Gasteiger partial charge in [0.05, 0.1) is 17.0 Å². The van der Waals surface area contributed by atoms with Gasteiger partial charge in [-0.15, -0.1) is 0 Å². The van der Waals surface area contributed by atoms with Crippen molar-refractivity contribution in [2.75, 3.05) is 11.4 Å². The van der Waals surface area contributed by atoms with Crippen molar-refractivity contribution in [2.24, 2.45) is 4.99 Å². The minimum atomic E-state index is -1.49. The number of anilines is 1. The van der Waals surface area contributed by atoms with Gasteiger partial charge in [0.25, 0.3) is 5.91 Å². The van der Waals surface area contributed by atoms with Crippen LogP contribution in [0.5, 0.6) is 0 Å². The second-order valence-electron chi connectivity index (χ2n) is 6.88. The monoisotopic (exact) mass is 386 g/mol. The third-order valence-electron chi connectivity index (χ3n) is 4.27. The number of amides is 1. The first kappa shape index (κ1) is 19.1. The molecule has 0 fully saturated rings. The van der Waals surface area contributed by atoms with Crippen molar-refractivity contribution < 1.29 is 19.8 Å². The Balaban J connectivity index is 2.31. The summed E-state index contributed by atoms with van der Waals surface area (Å²) in [6.07, 6.45) is 0. The Morgan fingerprint density at radius 2 is 1.89 bits per heavy atom. The van der Waals surface area contributed by atoms with E-state index in [1.807, 2.05) is 30.3 Å². The van der Waals surface area contributed by atoms with Crippen LogP contribution >= 0.6 is 11.6 Å². The number of aliphatic hydroxyl groups is 1. The van der Waals surface area contributed by atoms with Crippen LogP contribution in [0, 0.1) is 0 Å². The van der Waals surface area contributed by atoms with Crippen molar-refractivity contribution in [2.45, 2.75) is 25.5 Å². The first-order chi connectivity index (χ1) is 12.7. The van der Waals surface area contributed by atoms with Gasteiger partial charge in [-0.05, 0) is 32.0 Å². The molecule has 1 amide bonds. The second-order valence-corrected chi connectivity index (χ2v) is 7.32. The molecule has 7 heteroatoms. The summed E-state index contributed by atoms with van der Waals surface area (Å²) in [6.45, 7) is 2.41. The molecular weight excluding hydrogens is 368 g/mol. The maximum atomic E-state index is 13.1. The predicted octanol–water partition coefficient (Wildman–Crippen LogP) is 2.75. The predicted molar refractivity (Wildman–Crippen MR) is 104 cm³/mol. The number of aliphatic imine (C=N–C) groups is 1. The molecule has 0 bridgehead atoms. The highest BCUT2D eigenvalue weighted by molar-refractivity contribution is 6.32. The quantitative estimate of drug-likeness (QED) is 0.845. The first-order valence-corrected chi connectivity index (χ1v) is 8.75. The van der Waals surface area contributed by atoms with Gasteiger partial charge in [0.1, 0.15) is 6.54 Å². The van der Waals surface area contributed by atoms with Crippen LogP contribution in [-0.4, -0.2) is 46.0 Å². The highest BCUT2D eigenvalue weighted by atomic mass is 35.5. The van der Waals surface area contributed by atoms with Crippen molar-refractivity contribution in [3.63, 3.8) is 0 Å². The van der Waals surface area contributed by atoms with E-state index in [2.05, 4.69) is 4.99 Å². The molecule has 0 aromatic heterocycles. The molecule has 1 heterocycles. The fourth-order valence-corrected chi connectivity index (χ4v) is 3.21. The van der Waals surface area contributed by atoms with Crippen molar-refractivity contribution >= 4 is 34.9 Å². The maximum Gasteiger partial charge on any atom is 0.323 e. The van der Waals surface area contributed by atoms with E-state index in [0.29, 0.717) is 22.0 Å². The van der Waals surface area contributed by atoms with E-state index in [9.17, 15) is 19.8 Å². The van der Waals surface area contributed by atoms with Gasteiger partial charge >= 0.3 is 5.97 Å². The number of hydrogen-bond acceptors (Lipinski definition) is 4. The van der Waals surface area contributed by atoms with Gasteiger partial charge in [-0.3, -0.25) is 19.5 Å². The van der Waals surface area contributed by atoms with Crippen LogP contribution in [0.15, 0.2) is 53.5 Å². The molecule has 3 rings (SSSR count). The van der Waals surface area contributed by atoms with E-state index in [0.717, 1.165) is 10.5 Å². The zero-order chi connectivity index (χ0) is 19.8. The number of halogens is 1. The molecule has 2 aromatic rings. The van der Waals surface area contributed by atoms with Gasteiger partial charge in [0, 0.05) is 16.1 Å². The lowest BCUT2D eigenvalue weighted by molar-refractivity contribution is -0.137. The molecule has 2 aromatic carbocycles. The molecule has 0 aliphatic carbocycles. The van der Waals surface area contributed by atoms with E-state index in [4.69, 9.17) is 11.6 Å². The van der Waals surface area contributed by atoms with Crippen molar-refractivity contribution in [3.05, 3.63) is 64.7 Å². The highest BCUT2D eigenvalue weighted by Crippen LogP contribution is 2.33. The zero-order valence-corrected chi connectivity index (χ0v) is 15.6. The zero-order valence-electron chi connectivity index (χ0n) is 14.9. The fraction of sp³-hybridized carbons (Fsp3) is 0.250. The molecule has 1 unspecified atom stereocenters. The van der Waals surface area contributed by atoms with Crippen LogP contribution in [0.25, 0.3) is 0 Å². The molecule has 1 aliphatic heterocycles. The standard InChI is InChI=1S/C20H19ClN2O4/c1-20(2,27)18-19(26)23(11-16(24)25)15-9-8-13(21)10-14(15)17(22-18)12-6-4-3-5-7-12/h3-10,18,27H,11H2,1-2H3,(H,24,25). The normalized spacial score (nSPS) is 17.2. The Labute approximate surface area is 161 Å². The number of hydrogen-bond donors (Lipinski definition) is 2. The number of carbonyl (C=O) groups is 2. The number of fused-ring (bicyclic) bond motifs is 1. The maximum absolute atomic E-state index is 13.1. The molecule has 2 N–H and O–H groups in total. The van der Waals surface area contributed by atoms with Gasteiger partial charge in [0.15, 0.2) is 6.04 Å². The molecule has 0 spiro atoms. The smallest absolute Gasteiger partial charge is 0.323 e. The van der Waals surface area contributed by atoms with Crippen molar-refractivity contribution in [1.82, 2.24) is 0 Å². The summed E-state index contributed by atoms with van der Waals surface area (Å²) in [7, 11) is 0. The van der Waals surface area contributed by atoms with E-state index in [-0.39, 0.29) is 0 Å². The summed E-state index contributed by atoms with van der Waals surface area (Å²) < 4.78 is 0. The molecule has 140 valence electrons. The summed E-state index contributed by atoms with van der Waals surface area (Å²) in [5.74, 6) is -1.75. The van der Waals surface area contributed by atoms with E-state index in [1.165, 1.54) is 13.8 Å². The number of aliphatic carboxylic acids is 1. The summed E-state index contributed by atoms with van der Waals surface area (Å²) in [6, 6.07) is 12.9. The number of benzodiazepines with no additional fused rings is 1. The lowest BCUT2D eigenvalue weighted by Crippen LogP contribution is -2.49. The van der Waals surface area contributed by atoms with Gasteiger partial charge < -0.3 is 10.2 Å². The highest BCUT2D eigenvalue weighted by Gasteiger charge is 2.40. The van der Waals surface area contributed by atoms with Gasteiger partial charge in [-0.2, -0.15) is 0 Å². The average molecular weight is 387 g/mol. The molecule has 0 radical (unpaired) electrons. The third-order valence-corrected chi connectivity index (χ3v) is 4.51. The number of rotatable bonds is 4. The first-order valence-electron chi connectivity index (χ1n) is 8.37. The molecule has 0 saturated heterocycles. The third kappa shape index (κ3) is 3.86. The topological polar surface area (TPSA) is 90.2 Å². The Hall–Kier alpha value is -2.70. The second kappa shape index (κ2) is 7.13. The number of nitrogens with zero attached hydrogens (tertiary/aromatic N) is 2. The van der Waals surface area contributed by atoms with Gasteiger partial charge in [-0.1, -0.05) is 41.9 Å². The SMILES string of the molecule is CC(C)(O)C1N=C(c2ccccc2)c2cc(Cl)ccc2N(CC(=O)O)C1=O. The molecule has 1 aliphatic rings. The lowest BCUT2D eigenvalue weighted by Gasteiger charge is -2.29. The summed E-state index contributed by atoms with van der Waals surface area (Å²) in [5.41, 5.74) is 0.651.